The van der Waals surface area contributed by atoms with E-state index in [0.29, 0.717) is 11.6 Å². The van der Waals surface area contributed by atoms with Crippen LogP contribution in [-0.4, -0.2) is 16.8 Å². The second-order valence-corrected chi connectivity index (χ2v) is 3.28. The van der Waals surface area contributed by atoms with Gasteiger partial charge in [-0.3, -0.25) is 4.79 Å². The molecule has 0 bridgehead atoms. The van der Waals surface area contributed by atoms with E-state index in [1.807, 2.05) is 13.8 Å². The SMILES string of the molecule is CC(=O)c1ccnc(NC(C)C)c1.Cl. The molecule has 3 nitrogen and oxygen atoms in total. The monoisotopic (exact) mass is 214 g/mol. The summed E-state index contributed by atoms with van der Waals surface area (Å²) in [5.41, 5.74) is 0.693. The number of nitrogens with one attached hydrogen (secondary N) is 1. The van der Waals surface area contributed by atoms with Crippen LogP contribution < -0.4 is 5.32 Å². The van der Waals surface area contributed by atoms with Crippen molar-refractivity contribution in [3.63, 3.8) is 0 Å². The summed E-state index contributed by atoms with van der Waals surface area (Å²) in [6.45, 7) is 5.61. The van der Waals surface area contributed by atoms with Crippen LogP contribution in [0.15, 0.2) is 18.3 Å². The van der Waals surface area contributed by atoms with Gasteiger partial charge in [0.1, 0.15) is 5.82 Å². The fraction of sp³-hybridized carbons (Fsp3) is 0.400. The summed E-state index contributed by atoms with van der Waals surface area (Å²) in [5, 5.41) is 3.14. The van der Waals surface area contributed by atoms with Gasteiger partial charge < -0.3 is 5.32 Å². The van der Waals surface area contributed by atoms with Crippen LogP contribution in [-0.2, 0) is 0 Å². The minimum absolute atomic E-state index is 0. The fourth-order valence-corrected chi connectivity index (χ4v) is 1.02. The summed E-state index contributed by atoms with van der Waals surface area (Å²) in [6, 6.07) is 3.81. The molecule has 0 saturated heterocycles. The number of anilines is 1. The van der Waals surface area contributed by atoms with Gasteiger partial charge in [-0.25, -0.2) is 4.98 Å². The van der Waals surface area contributed by atoms with Crippen molar-refractivity contribution in [3.05, 3.63) is 23.9 Å². The molecule has 0 fully saturated rings. The second-order valence-electron chi connectivity index (χ2n) is 3.28. The zero-order valence-corrected chi connectivity index (χ0v) is 9.39. The molecule has 0 saturated carbocycles. The fourth-order valence-electron chi connectivity index (χ4n) is 1.02. The Kier molecular flexibility index (Phi) is 5.16. The lowest BCUT2D eigenvalue weighted by atomic mass is 10.2. The van der Waals surface area contributed by atoms with E-state index in [4.69, 9.17) is 0 Å². The summed E-state index contributed by atoms with van der Waals surface area (Å²) in [7, 11) is 0. The van der Waals surface area contributed by atoms with Crippen molar-refractivity contribution >= 4 is 24.0 Å². The smallest absolute Gasteiger partial charge is 0.159 e. The van der Waals surface area contributed by atoms with E-state index < -0.39 is 0 Å². The molecule has 1 aromatic heterocycles. The van der Waals surface area contributed by atoms with Gasteiger partial charge in [-0.1, -0.05) is 0 Å². The topological polar surface area (TPSA) is 42.0 Å². The first-order valence-corrected chi connectivity index (χ1v) is 4.33. The van der Waals surface area contributed by atoms with E-state index in [0.717, 1.165) is 5.82 Å². The van der Waals surface area contributed by atoms with Crippen LogP contribution in [0, 0.1) is 0 Å². The van der Waals surface area contributed by atoms with Crippen molar-refractivity contribution in [1.82, 2.24) is 4.98 Å². The third-order valence-electron chi connectivity index (χ3n) is 1.60. The zero-order chi connectivity index (χ0) is 9.84. The van der Waals surface area contributed by atoms with Gasteiger partial charge in [-0.2, -0.15) is 0 Å². The molecule has 0 aliphatic rings. The zero-order valence-electron chi connectivity index (χ0n) is 8.57. The number of nitrogens with zero attached hydrogens (tertiary/aromatic N) is 1. The van der Waals surface area contributed by atoms with Gasteiger partial charge in [0.05, 0.1) is 0 Å². The first kappa shape index (κ1) is 12.9. The Hall–Kier alpha value is -1.09. The van der Waals surface area contributed by atoms with Gasteiger partial charge in [-0.15, -0.1) is 12.4 Å². The molecule has 0 aliphatic heterocycles. The van der Waals surface area contributed by atoms with Crippen molar-refractivity contribution in [1.29, 1.82) is 0 Å². The molecule has 1 N–H and O–H groups in total. The van der Waals surface area contributed by atoms with Crippen molar-refractivity contribution in [2.24, 2.45) is 0 Å². The highest BCUT2D eigenvalue weighted by atomic mass is 35.5. The minimum atomic E-state index is 0. The molecular weight excluding hydrogens is 200 g/mol. The normalized spacial score (nSPS) is 9.43. The number of aromatic nitrogens is 1. The van der Waals surface area contributed by atoms with Crippen LogP contribution in [0.4, 0.5) is 5.82 Å². The number of pyridine rings is 1. The standard InChI is InChI=1S/C10H14N2O.ClH/c1-7(2)12-10-6-9(8(3)13)4-5-11-10;/h4-7H,1-3H3,(H,11,12);1H. The van der Waals surface area contributed by atoms with Crippen LogP contribution >= 0.6 is 12.4 Å². The molecule has 0 radical (unpaired) electrons. The van der Waals surface area contributed by atoms with Crippen molar-refractivity contribution < 1.29 is 4.79 Å². The highest BCUT2D eigenvalue weighted by molar-refractivity contribution is 5.94. The number of ketones is 1. The molecule has 1 aromatic rings. The Morgan fingerprint density at radius 1 is 1.50 bits per heavy atom. The summed E-state index contributed by atoms with van der Waals surface area (Å²) >= 11 is 0. The Morgan fingerprint density at radius 2 is 2.14 bits per heavy atom. The van der Waals surface area contributed by atoms with Gasteiger partial charge in [0.15, 0.2) is 5.78 Å². The van der Waals surface area contributed by atoms with Crippen molar-refractivity contribution in [2.75, 3.05) is 5.32 Å². The Balaban J connectivity index is 0.00000169. The molecule has 14 heavy (non-hydrogen) atoms. The third kappa shape index (κ3) is 3.75. The van der Waals surface area contributed by atoms with Crippen LogP contribution in [0.25, 0.3) is 0 Å². The summed E-state index contributed by atoms with van der Waals surface area (Å²) in [5.74, 6) is 0.817. The average Bonchev–Trinajstić information content (AvgIpc) is 2.03. The molecular formula is C10H15ClN2O. The van der Waals surface area contributed by atoms with E-state index in [1.165, 1.54) is 0 Å². The van der Waals surface area contributed by atoms with Gasteiger partial charge in [0, 0.05) is 17.8 Å². The van der Waals surface area contributed by atoms with Gasteiger partial charge >= 0.3 is 0 Å². The molecule has 0 amide bonds. The van der Waals surface area contributed by atoms with Crippen LogP contribution in [0.5, 0.6) is 0 Å². The van der Waals surface area contributed by atoms with Crippen molar-refractivity contribution in [2.45, 2.75) is 26.8 Å². The molecule has 0 atom stereocenters. The lowest BCUT2D eigenvalue weighted by Crippen LogP contribution is -2.11. The second kappa shape index (κ2) is 5.60. The number of hydrogen-bond donors (Lipinski definition) is 1. The maximum atomic E-state index is 11.0. The Morgan fingerprint density at radius 3 is 2.64 bits per heavy atom. The highest BCUT2D eigenvalue weighted by Crippen LogP contribution is 2.08. The largest absolute Gasteiger partial charge is 0.368 e. The molecule has 78 valence electrons. The van der Waals surface area contributed by atoms with Gasteiger partial charge in [0.25, 0.3) is 0 Å². The summed E-state index contributed by atoms with van der Waals surface area (Å²) in [6.07, 6.45) is 1.64. The molecule has 0 aliphatic carbocycles. The molecule has 0 unspecified atom stereocenters. The first-order valence-electron chi connectivity index (χ1n) is 4.33. The first-order chi connectivity index (χ1) is 6.09. The lowest BCUT2D eigenvalue weighted by Gasteiger charge is -2.08. The highest BCUT2D eigenvalue weighted by Gasteiger charge is 2.01. The van der Waals surface area contributed by atoms with Crippen LogP contribution in [0.3, 0.4) is 0 Å². The van der Waals surface area contributed by atoms with Crippen molar-refractivity contribution in [3.8, 4) is 0 Å². The number of carbonyl (C=O) groups is 1. The Labute approximate surface area is 90.3 Å². The quantitative estimate of drug-likeness (QED) is 0.787. The summed E-state index contributed by atoms with van der Waals surface area (Å²) < 4.78 is 0. The van der Waals surface area contributed by atoms with Gasteiger partial charge in [0.2, 0.25) is 0 Å². The number of halogens is 1. The molecule has 4 heteroatoms. The van der Waals surface area contributed by atoms with E-state index in [-0.39, 0.29) is 18.2 Å². The van der Waals surface area contributed by atoms with Crippen LogP contribution in [0.2, 0.25) is 0 Å². The third-order valence-corrected chi connectivity index (χ3v) is 1.60. The molecule has 0 spiro atoms. The van der Waals surface area contributed by atoms with E-state index >= 15 is 0 Å². The maximum Gasteiger partial charge on any atom is 0.159 e. The van der Waals surface area contributed by atoms with E-state index in [1.54, 1.807) is 25.3 Å². The molecule has 1 heterocycles. The number of Topliss-reactive ketones (excluding diaryl/α,β-unsaturated/α-hetero) is 1. The van der Waals surface area contributed by atoms with E-state index in [9.17, 15) is 4.79 Å². The Bertz CT molecular complexity index is 313. The van der Waals surface area contributed by atoms with E-state index in [2.05, 4.69) is 10.3 Å². The van der Waals surface area contributed by atoms with Crippen LogP contribution in [0.1, 0.15) is 31.1 Å². The predicted octanol–water partition coefficient (Wildman–Crippen LogP) is 2.53. The molecule has 1 rings (SSSR count). The number of rotatable bonds is 3. The summed E-state index contributed by atoms with van der Waals surface area (Å²) in [4.78, 5) is 15.1. The van der Waals surface area contributed by atoms with Gasteiger partial charge in [-0.05, 0) is 32.9 Å². The number of carbonyl (C=O) groups excluding carboxylic acids is 1. The molecule has 0 aromatic carbocycles. The minimum Gasteiger partial charge on any atom is -0.368 e. The lowest BCUT2D eigenvalue weighted by molar-refractivity contribution is 0.101. The number of hydrogen-bond acceptors (Lipinski definition) is 3. The average molecular weight is 215 g/mol. The maximum absolute atomic E-state index is 11.0. The predicted molar refractivity (Wildman–Crippen MR) is 60.2 cm³/mol.